The molecule has 0 radical (unpaired) electrons. The van der Waals surface area contributed by atoms with Crippen LogP contribution in [0.4, 0.5) is 0 Å². The second kappa shape index (κ2) is 8.70. The first-order valence-electron chi connectivity index (χ1n) is 9.76. The van der Waals surface area contributed by atoms with Gasteiger partial charge in [-0.1, -0.05) is 5.16 Å². The molecule has 0 aromatic carbocycles. The Balaban J connectivity index is 1.62. The van der Waals surface area contributed by atoms with E-state index in [0.717, 1.165) is 38.9 Å². The van der Waals surface area contributed by atoms with E-state index in [4.69, 9.17) is 4.52 Å². The summed E-state index contributed by atoms with van der Waals surface area (Å²) in [6.07, 6.45) is 6.11. The van der Waals surface area contributed by atoms with Crippen LogP contribution in [0.15, 0.2) is 10.6 Å². The van der Waals surface area contributed by atoms with Gasteiger partial charge in [0, 0.05) is 31.7 Å². The van der Waals surface area contributed by atoms with Gasteiger partial charge in [0.25, 0.3) is 5.91 Å². The zero-order chi connectivity index (χ0) is 19.4. The average Bonchev–Trinajstić information content (AvgIpc) is 3.29. The molecule has 1 amide bonds. The number of aryl methyl sites for hydroxylation is 1. The zero-order valence-corrected chi connectivity index (χ0v) is 17.1. The van der Waals surface area contributed by atoms with E-state index in [-0.39, 0.29) is 17.6 Å². The molecule has 2 aliphatic rings. The molecular weight excluding hydrogens is 368 g/mol. The number of nitrogens with zero attached hydrogens (tertiary/aromatic N) is 4. The first kappa shape index (κ1) is 20.3. The van der Waals surface area contributed by atoms with E-state index >= 15 is 0 Å². The van der Waals surface area contributed by atoms with Gasteiger partial charge in [0.1, 0.15) is 5.76 Å². The Labute approximate surface area is 161 Å². The second-order valence-electron chi connectivity index (χ2n) is 7.65. The topological polar surface area (TPSA) is 87.0 Å². The molecule has 0 N–H and O–H groups in total. The number of amides is 1. The number of aromatic nitrogens is 1. The highest BCUT2D eigenvalue weighted by molar-refractivity contribution is 7.88. The lowest BCUT2D eigenvalue weighted by atomic mass is 10.0. The Morgan fingerprint density at radius 1 is 1.30 bits per heavy atom. The van der Waals surface area contributed by atoms with Crippen LogP contribution in [0, 0.1) is 6.92 Å². The number of hydrogen-bond donors (Lipinski definition) is 0. The Morgan fingerprint density at radius 3 is 2.67 bits per heavy atom. The van der Waals surface area contributed by atoms with Crippen LogP contribution < -0.4 is 0 Å². The summed E-state index contributed by atoms with van der Waals surface area (Å²) < 4.78 is 31.4. The van der Waals surface area contributed by atoms with Gasteiger partial charge in [0.15, 0.2) is 5.69 Å². The smallest absolute Gasteiger partial charge is 0.276 e. The monoisotopic (exact) mass is 398 g/mol. The van der Waals surface area contributed by atoms with E-state index in [2.05, 4.69) is 10.1 Å². The summed E-state index contributed by atoms with van der Waals surface area (Å²) in [6, 6.07) is 1.44. The first-order chi connectivity index (χ1) is 12.8. The lowest BCUT2D eigenvalue weighted by molar-refractivity contribution is 0.0642. The molecule has 3 rings (SSSR count). The fourth-order valence-electron chi connectivity index (χ4n) is 4.08. The van der Waals surface area contributed by atoms with Gasteiger partial charge in [0.05, 0.1) is 6.26 Å². The third kappa shape index (κ3) is 5.30. The molecule has 1 atom stereocenters. The molecule has 152 valence electrons. The zero-order valence-electron chi connectivity index (χ0n) is 16.3. The van der Waals surface area contributed by atoms with Crippen molar-refractivity contribution in [2.24, 2.45) is 0 Å². The molecule has 0 aliphatic carbocycles. The van der Waals surface area contributed by atoms with Crippen molar-refractivity contribution in [1.29, 1.82) is 0 Å². The van der Waals surface area contributed by atoms with Crippen LogP contribution in [0.25, 0.3) is 0 Å². The number of carbonyl (C=O) groups is 1. The predicted molar refractivity (Wildman–Crippen MR) is 102 cm³/mol. The molecule has 0 saturated carbocycles. The summed E-state index contributed by atoms with van der Waals surface area (Å²) in [4.78, 5) is 16.7. The summed E-state index contributed by atoms with van der Waals surface area (Å²) in [5, 5.41) is 3.80. The maximum Gasteiger partial charge on any atom is 0.276 e. The summed E-state index contributed by atoms with van der Waals surface area (Å²) in [5.41, 5.74) is 0.285. The number of rotatable bonds is 7. The molecule has 27 heavy (non-hydrogen) atoms. The standard InChI is InChI=1S/C18H30N4O4S/c1-15-13-17(19-26-15)18(23)21-11-5-7-16(14-21)22(27(2,24)25)12-6-10-20-8-3-4-9-20/h13,16H,3-12,14H2,1-2H3. The molecule has 0 bridgehead atoms. The van der Waals surface area contributed by atoms with E-state index in [1.54, 1.807) is 22.2 Å². The van der Waals surface area contributed by atoms with Crippen molar-refractivity contribution in [2.45, 2.75) is 45.1 Å². The highest BCUT2D eigenvalue weighted by Crippen LogP contribution is 2.21. The summed E-state index contributed by atoms with van der Waals surface area (Å²) in [5.74, 6) is 0.397. The SMILES string of the molecule is Cc1cc(C(=O)N2CCCC(N(CCCN3CCCC3)S(C)(=O)=O)C2)no1. The van der Waals surface area contributed by atoms with Crippen molar-refractivity contribution in [2.75, 3.05) is 45.5 Å². The third-order valence-corrected chi connectivity index (χ3v) is 6.75. The van der Waals surface area contributed by atoms with Gasteiger partial charge in [-0.05, 0) is 58.7 Å². The van der Waals surface area contributed by atoms with Gasteiger partial charge in [-0.25, -0.2) is 8.42 Å². The van der Waals surface area contributed by atoms with Crippen molar-refractivity contribution in [1.82, 2.24) is 19.3 Å². The summed E-state index contributed by atoms with van der Waals surface area (Å²) in [7, 11) is -3.33. The Bertz CT molecular complexity index is 742. The molecule has 9 heteroatoms. The molecule has 0 spiro atoms. The van der Waals surface area contributed by atoms with Crippen molar-refractivity contribution in [3.05, 3.63) is 17.5 Å². The van der Waals surface area contributed by atoms with Crippen molar-refractivity contribution in [3.8, 4) is 0 Å². The Morgan fingerprint density at radius 2 is 2.04 bits per heavy atom. The molecular formula is C18H30N4O4S. The van der Waals surface area contributed by atoms with Gasteiger partial charge in [-0.15, -0.1) is 0 Å². The average molecular weight is 399 g/mol. The van der Waals surface area contributed by atoms with Gasteiger partial charge in [0.2, 0.25) is 10.0 Å². The number of piperidine rings is 1. The number of likely N-dealkylation sites (tertiary alicyclic amines) is 2. The van der Waals surface area contributed by atoms with E-state index in [9.17, 15) is 13.2 Å². The van der Waals surface area contributed by atoms with Crippen LogP contribution in [-0.2, 0) is 10.0 Å². The quantitative estimate of drug-likeness (QED) is 0.689. The minimum absolute atomic E-state index is 0.177. The van der Waals surface area contributed by atoms with Crippen molar-refractivity contribution in [3.63, 3.8) is 0 Å². The van der Waals surface area contributed by atoms with Gasteiger partial charge in [-0.2, -0.15) is 4.31 Å². The van der Waals surface area contributed by atoms with Crippen LogP contribution in [0.1, 0.15) is 48.4 Å². The third-order valence-electron chi connectivity index (χ3n) is 5.42. The number of sulfonamides is 1. The second-order valence-corrected chi connectivity index (χ2v) is 9.58. The number of hydrogen-bond acceptors (Lipinski definition) is 6. The minimum atomic E-state index is -3.33. The van der Waals surface area contributed by atoms with E-state index < -0.39 is 10.0 Å². The molecule has 8 nitrogen and oxygen atoms in total. The molecule has 2 aliphatic heterocycles. The highest BCUT2D eigenvalue weighted by Gasteiger charge is 2.33. The fraction of sp³-hybridized carbons (Fsp3) is 0.778. The van der Waals surface area contributed by atoms with Crippen LogP contribution in [0.2, 0.25) is 0 Å². The van der Waals surface area contributed by atoms with Crippen LogP contribution >= 0.6 is 0 Å². The Kier molecular flexibility index (Phi) is 6.54. The molecule has 2 fully saturated rings. The van der Waals surface area contributed by atoms with Crippen LogP contribution in [-0.4, -0.2) is 85.2 Å². The van der Waals surface area contributed by atoms with Crippen molar-refractivity contribution >= 4 is 15.9 Å². The molecule has 2 saturated heterocycles. The summed E-state index contributed by atoms with van der Waals surface area (Å²) >= 11 is 0. The highest BCUT2D eigenvalue weighted by atomic mass is 32.2. The molecule has 1 aromatic rings. The normalized spacial score (nSPS) is 21.9. The maximum absolute atomic E-state index is 12.6. The van der Waals surface area contributed by atoms with Gasteiger partial charge >= 0.3 is 0 Å². The summed E-state index contributed by atoms with van der Waals surface area (Å²) in [6.45, 7) is 6.43. The molecule has 3 heterocycles. The largest absolute Gasteiger partial charge is 0.361 e. The molecule has 1 unspecified atom stereocenters. The predicted octanol–water partition coefficient (Wildman–Crippen LogP) is 1.34. The van der Waals surface area contributed by atoms with Crippen LogP contribution in [0.3, 0.4) is 0 Å². The number of carbonyl (C=O) groups excluding carboxylic acids is 1. The maximum atomic E-state index is 12.6. The van der Waals surface area contributed by atoms with E-state index in [0.29, 0.717) is 25.4 Å². The van der Waals surface area contributed by atoms with Crippen molar-refractivity contribution < 1.29 is 17.7 Å². The van der Waals surface area contributed by atoms with Crippen LogP contribution in [0.5, 0.6) is 0 Å². The lowest BCUT2D eigenvalue weighted by Crippen LogP contribution is -2.52. The fourth-order valence-corrected chi connectivity index (χ4v) is 5.25. The van der Waals surface area contributed by atoms with Gasteiger partial charge in [-0.3, -0.25) is 4.79 Å². The van der Waals surface area contributed by atoms with E-state index in [1.165, 1.54) is 19.1 Å². The Hall–Kier alpha value is -1.45. The first-order valence-corrected chi connectivity index (χ1v) is 11.6. The van der Waals surface area contributed by atoms with E-state index in [1.807, 2.05) is 0 Å². The van der Waals surface area contributed by atoms with Gasteiger partial charge < -0.3 is 14.3 Å². The lowest BCUT2D eigenvalue weighted by Gasteiger charge is -2.38. The minimum Gasteiger partial charge on any atom is -0.361 e. The molecule has 1 aromatic heterocycles.